The van der Waals surface area contributed by atoms with Gasteiger partial charge in [0, 0.05) is 27.9 Å². The summed E-state index contributed by atoms with van der Waals surface area (Å²) in [5.41, 5.74) is 2.57. The lowest BCUT2D eigenvalue weighted by Crippen LogP contribution is -2.28. The molecule has 0 aromatic heterocycles. The van der Waals surface area contributed by atoms with Crippen molar-refractivity contribution in [2.75, 3.05) is 0 Å². The lowest BCUT2D eigenvalue weighted by molar-refractivity contribution is -0.143. The van der Waals surface area contributed by atoms with Gasteiger partial charge >= 0.3 is 5.97 Å². The molecular weight excluding hydrogens is 440 g/mol. The molecule has 0 N–H and O–H groups in total. The number of halogens is 1. The number of carbonyl (C=O) groups is 2. The van der Waals surface area contributed by atoms with Gasteiger partial charge in [-0.05, 0) is 30.2 Å². The second-order valence-electron chi connectivity index (χ2n) is 7.33. The Labute approximate surface area is 184 Å². The highest BCUT2D eigenvalue weighted by Crippen LogP contribution is 2.38. The van der Waals surface area contributed by atoms with E-state index in [4.69, 9.17) is 4.74 Å². The van der Waals surface area contributed by atoms with Gasteiger partial charge in [0.1, 0.15) is 5.76 Å². The van der Waals surface area contributed by atoms with Crippen molar-refractivity contribution in [1.29, 1.82) is 0 Å². The summed E-state index contributed by atoms with van der Waals surface area (Å²) in [6.45, 7) is 0. The van der Waals surface area contributed by atoms with E-state index in [1.165, 1.54) is 0 Å². The highest BCUT2D eigenvalue weighted by molar-refractivity contribution is 9.10. The molecule has 4 rings (SSSR count). The van der Waals surface area contributed by atoms with E-state index in [-0.39, 0.29) is 17.7 Å². The molecule has 1 aliphatic heterocycles. The van der Waals surface area contributed by atoms with Crippen molar-refractivity contribution < 1.29 is 14.3 Å². The van der Waals surface area contributed by atoms with Crippen LogP contribution in [0.25, 0.3) is 5.76 Å². The van der Waals surface area contributed by atoms with Gasteiger partial charge in [-0.1, -0.05) is 88.7 Å². The first-order valence-corrected chi connectivity index (χ1v) is 10.7. The number of ether oxygens (including phenoxy) is 1. The van der Waals surface area contributed by atoms with E-state index < -0.39 is 5.92 Å². The summed E-state index contributed by atoms with van der Waals surface area (Å²) in [5, 5.41) is 0. The number of carbonyl (C=O) groups excluding carboxylic acids is 2. The number of ketones is 1. The fourth-order valence-corrected chi connectivity index (χ4v) is 4.03. The monoisotopic (exact) mass is 460 g/mol. The van der Waals surface area contributed by atoms with E-state index in [0.717, 1.165) is 15.6 Å². The van der Waals surface area contributed by atoms with Gasteiger partial charge < -0.3 is 4.74 Å². The molecule has 0 saturated carbocycles. The standard InChI is InChI=1S/C26H21BrO3/c27-21-13-11-20(12-14-21)25-17-23(18-7-3-1-4-8-18)22(26(29)30-25)15-16-24(28)19-9-5-2-6-10-19/h1-14,17,22-23H,15-16H2/t22-,23+/m0/s1. The predicted molar refractivity (Wildman–Crippen MR) is 121 cm³/mol. The van der Waals surface area contributed by atoms with Crippen molar-refractivity contribution in [3.63, 3.8) is 0 Å². The third-order valence-corrected chi connectivity index (χ3v) is 5.90. The zero-order chi connectivity index (χ0) is 20.9. The molecule has 3 aromatic rings. The van der Waals surface area contributed by atoms with Gasteiger partial charge in [-0.15, -0.1) is 0 Å². The molecule has 3 nitrogen and oxygen atoms in total. The number of benzene rings is 3. The van der Waals surface area contributed by atoms with Crippen molar-refractivity contribution >= 4 is 33.4 Å². The van der Waals surface area contributed by atoms with Gasteiger partial charge in [0.05, 0.1) is 5.92 Å². The molecule has 30 heavy (non-hydrogen) atoms. The average molecular weight is 461 g/mol. The molecule has 0 bridgehead atoms. The predicted octanol–water partition coefficient (Wildman–Crippen LogP) is 6.41. The lowest BCUT2D eigenvalue weighted by Gasteiger charge is -2.29. The molecular formula is C26H21BrO3. The van der Waals surface area contributed by atoms with Crippen LogP contribution in [-0.2, 0) is 9.53 Å². The fraction of sp³-hybridized carbons (Fsp3) is 0.154. The Hall–Kier alpha value is -2.98. The van der Waals surface area contributed by atoms with Gasteiger partial charge in [-0.2, -0.15) is 0 Å². The molecule has 0 spiro atoms. The van der Waals surface area contributed by atoms with Crippen LogP contribution in [-0.4, -0.2) is 11.8 Å². The van der Waals surface area contributed by atoms with Crippen LogP contribution in [0.1, 0.15) is 40.2 Å². The molecule has 4 heteroatoms. The van der Waals surface area contributed by atoms with Gasteiger partial charge in [0.2, 0.25) is 0 Å². The Kier molecular flexibility index (Phi) is 6.24. The largest absolute Gasteiger partial charge is 0.426 e. The number of esters is 1. The molecule has 0 aliphatic carbocycles. The van der Waals surface area contributed by atoms with E-state index in [0.29, 0.717) is 24.2 Å². The van der Waals surface area contributed by atoms with Gasteiger partial charge in [0.25, 0.3) is 0 Å². The summed E-state index contributed by atoms with van der Waals surface area (Å²) >= 11 is 3.43. The maximum absolute atomic E-state index is 13.0. The summed E-state index contributed by atoms with van der Waals surface area (Å²) in [5.74, 6) is -0.232. The minimum Gasteiger partial charge on any atom is -0.426 e. The maximum atomic E-state index is 13.0. The third-order valence-electron chi connectivity index (χ3n) is 5.37. The highest BCUT2D eigenvalue weighted by atomic mass is 79.9. The molecule has 0 amide bonds. The summed E-state index contributed by atoms with van der Waals surface area (Å²) in [4.78, 5) is 25.6. The van der Waals surface area contributed by atoms with Crippen LogP contribution >= 0.6 is 15.9 Å². The quantitative estimate of drug-likeness (QED) is 0.315. The number of rotatable bonds is 6. The number of cyclic esters (lactones) is 1. The fourth-order valence-electron chi connectivity index (χ4n) is 3.77. The second kappa shape index (κ2) is 9.23. The molecule has 150 valence electrons. The minimum atomic E-state index is -0.403. The smallest absolute Gasteiger partial charge is 0.315 e. The summed E-state index contributed by atoms with van der Waals surface area (Å²) < 4.78 is 6.67. The summed E-state index contributed by atoms with van der Waals surface area (Å²) in [6, 6.07) is 26.8. The number of hydrogen-bond acceptors (Lipinski definition) is 3. The van der Waals surface area contributed by atoms with Crippen molar-refractivity contribution in [3.05, 3.63) is 112 Å². The van der Waals surface area contributed by atoms with Crippen molar-refractivity contribution in [1.82, 2.24) is 0 Å². The number of allylic oxidation sites excluding steroid dienone is 1. The van der Waals surface area contributed by atoms with E-state index in [2.05, 4.69) is 15.9 Å². The van der Waals surface area contributed by atoms with Crippen LogP contribution in [0.4, 0.5) is 0 Å². The van der Waals surface area contributed by atoms with E-state index in [1.54, 1.807) is 0 Å². The molecule has 1 aliphatic rings. The topological polar surface area (TPSA) is 43.4 Å². The Morgan fingerprint density at radius 3 is 2.17 bits per heavy atom. The van der Waals surface area contributed by atoms with Crippen LogP contribution in [0, 0.1) is 5.92 Å². The van der Waals surface area contributed by atoms with Crippen LogP contribution in [0.5, 0.6) is 0 Å². The molecule has 3 aromatic carbocycles. The Balaban J connectivity index is 1.61. The summed E-state index contributed by atoms with van der Waals surface area (Å²) in [6.07, 6.45) is 2.75. The van der Waals surface area contributed by atoms with Crippen LogP contribution in [0.3, 0.4) is 0 Å². The van der Waals surface area contributed by atoms with Crippen LogP contribution < -0.4 is 0 Å². The third kappa shape index (κ3) is 4.60. The average Bonchev–Trinajstić information content (AvgIpc) is 2.79. The highest BCUT2D eigenvalue weighted by Gasteiger charge is 2.35. The Bertz CT molecular complexity index is 1060. The van der Waals surface area contributed by atoms with Gasteiger partial charge in [0.15, 0.2) is 5.78 Å². The summed E-state index contributed by atoms with van der Waals surface area (Å²) in [7, 11) is 0. The first kappa shape index (κ1) is 20.3. The number of Topliss-reactive ketones (excluding diaryl/α,β-unsaturated/α-hetero) is 1. The molecule has 1 heterocycles. The van der Waals surface area contributed by atoms with E-state index >= 15 is 0 Å². The molecule has 2 atom stereocenters. The van der Waals surface area contributed by atoms with Crippen molar-refractivity contribution in [3.8, 4) is 0 Å². The first-order chi connectivity index (χ1) is 14.6. The molecule has 0 fully saturated rings. The minimum absolute atomic E-state index is 0.0397. The van der Waals surface area contributed by atoms with Crippen LogP contribution in [0.15, 0.2) is 95.5 Å². The maximum Gasteiger partial charge on any atom is 0.315 e. The van der Waals surface area contributed by atoms with E-state index in [9.17, 15) is 9.59 Å². The van der Waals surface area contributed by atoms with E-state index in [1.807, 2.05) is 91.0 Å². The van der Waals surface area contributed by atoms with Crippen molar-refractivity contribution in [2.45, 2.75) is 18.8 Å². The second-order valence-corrected chi connectivity index (χ2v) is 8.25. The molecule has 0 radical (unpaired) electrons. The first-order valence-electron chi connectivity index (χ1n) is 9.94. The number of hydrogen-bond donors (Lipinski definition) is 0. The SMILES string of the molecule is O=C(CC[C@@H]1C(=O)OC(c2ccc(Br)cc2)=C[C@@H]1c1ccccc1)c1ccccc1. The van der Waals surface area contributed by atoms with Gasteiger partial charge in [-0.3, -0.25) is 9.59 Å². The lowest BCUT2D eigenvalue weighted by atomic mass is 9.80. The van der Waals surface area contributed by atoms with Crippen LogP contribution in [0.2, 0.25) is 0 Å². The zero-order valence-electron chi connectivity index (χ0n) is 16.3. The Morgan fingerprint density at radius 2 is 1.50 bits per heavy atom. The molecule has 0 saturated heterocycles. The van der Waals surface area contributed by atoms with Crippen molar-refractivity contribution in [2.24, 2.45) is 5.92 Å². The normalized spacial score (nSPS) is 18.4. The Morgan fingerprint density at radius 1 is 0.867 bits per heavy atom. The van der Waals surface area contributed by atoms with Gasteiger partial charge in [-0.25, -0.2) is 0 Å². The zero-order valence-corrected chi connectivity index (χ0v) is 17.9. The molecule has 0 unspecified atom stereocenters.